The van der Waals surface area contributed by atoms with E-state index in [1.54, 1.807) is 22.9 Å². The zero-order chi connectivity index (χ0) is 23.9. The zero-order valence-electron chi connectivity index (χ0n) is 19.5. The summed E-state index contributed by atoms with van der Waals surface area (Å²) in [6.07, 6.45) is 5.73. The predicted octanol–water partition coefficient (Wildman–Crippen LogP) is 3.35. The number of benzene rings is 1. The Morgan fingerprint density at radius 2 is 1.80 bits per heavy atom. The molecule has 0 saturated carbocycles. The van der Waals surface area contributed by atoms with Crippen molar-refractivity contribution < 1.29 is 9.18 Å². The summed E-state index contributed by atoms with van der Waals surface area (Å²) < 4.78 is 16.8. The monoisotopic (exact) mass is 491 g/mol. The van der Waals surface area contributed by atoms with Crippen LogP contribution in [0.5, 0.6) is 0 Å². The molecule has 6 rings (SSSR count). The molecule has 0 N–H and O–H groups in total. The molecule has 3 aromatic rings. The number of carbonyl (C=O) groups is 1. The summed E-state index contributed by atoms with van der Waals surface area (Å²) in [6, 6.07) is 8.99. The van der Waals surface area contributed by atoms with E-state index in [2.05, 4.69) is 31.7 Å². The Bertz CT molecular complexity index is 1350. The largest absolute Gasteiger partial charge is 0.367 e. The number of likely N-dealkylation sites (N-methyl/N-ethyl adjacent to an activating group) is 1. The number of rotatable bonds is 3. The number of aliphatic imine (C=N–C) groups is 1. The third kappa shape index (κ3) is 4.32. The number of imidazole rings is 1. The molecule has 0 radical (unpaired) electrons. The van der Waals surface area contributed by atoms with Crippen molar-refractivity contribution >= 4 is 40.2 Å². The smallest absolute Gasteiger partial charge is 0.286 e. The molecule has 3 aliphatic rings. The molecule has 2 saturated heterocycles. The number of thioether (sulfide) groups is 1. The summed E-state index contributed by atoms with van der Waals surface area (Å²) in [5, 5.41) is 5.47. The summed E-state index contributed by atoms with van der Waals surface area (Å²) in [5.74, 6) is -0.481. The fourth-order valence-electron chi connectivity index (χ4n) is 4.71. The first-order valence-electron chi connectivity index (χ1n) is 11.9. The summed E-state index contributed by atoms with van der Waals surface area (Å²) in [6.45, 7) is 5.34. The van der Waals surface area contributed by atoms with E-state index in [1.165, 1.54) is 11.8 Å². The van der Waals surface area contributed by atoms with Crippen molar-refractivity contribution in [2.75, 3.05) is 51.2 Å². The normalized spacial score (nSPS) is 20.5. The van der Waals surface area contributed by atoms with Crippen LogP contribution < -0.4 is 4.90 Å². The van der Waals surface area contributed by atoms with Gasteiger partial charge in [0, 0.05) is 44.8 Å². The van der Waals surface area contributed by atoms with E-state index in [1.807, 2.05) is 24.3 Å². The maximum atomic E-state index is 15.1. The SMILES string of the molecule is CN1CCN(c2ccc(-c3cnc4ccc(/C=C5\SC(N6CCCC6)=NC5=O)nn34)cc2F)CC1. The molecule has 180 valence electrons. The number of hydrogen-bond donors (Lipinski definition) is 0. The van der Waals surface area contributed by atoms with Crippen LogP contribution in [0.4, 0.5) is 10.1 Å². The number of fused-ring (bicyclic) bond motifs is 1. The molecule has 0 unspecified atom stereocenters. The van der Waals surface area contributed by atoms with Gasteiger partial charge in [0.25, 0.3) is 5.91 Å². The Labute approximate surface area is 207 Å². The van der Waals surface area contributed by atoms with E-state index in [0.717, 1.165) is 57.3 Å². The highest BCUT2D eigenvalue weighted by atomic mass is 32.2. The van der Waals surface area contributed by atoms with Gasteiger partial charge in [-0.1, -0.05) is 6.07 Å². The average molecular weight is 492 g/mol. The van der Waals surface area contributed by atoms with E-state index >= 15 is 4.39 Å². The summed E-state index contributed by atoms with van der Waals surface area (Å²) in [5.41, 5.74) is 3.31. The van der Waals surface area contributed by atoms with Crippen LogP contribution in [0.1, 0.15) is 18.5 Å². The maximum absolute atomic E-state index is 15.1. The highest BCUT2D eigenvalue weighted by molar-refractivity contribution is 8.18. The minimum Gasteiger partial charge on any atom is -0.367 e. The number of piperazine rings is 1. The molecule has 35 heavy (non-hydrogen) atoms. The van der Waals surface area contributed by atoms with Crippen LogP contribution in [0.2, 0.25) is 0 Å². The van der Waals surface area contributed by atoms with Gasteiger partial charge < -0.3 is 14.7 Å². The molecule has 0 spiro atoms. The molecule has 0 atom stereocenters. The van der Waals surface area contributed by atoms with Crippen molar-refractivity contribution in [2.45, 2.75) is 12.8 Å². The van der Waals surface area contributed by atoms with Crippen molar-refractivity contribution in [1.29, 1.82) is 0 Å². The van der Waals surface area contributed by atoms with Crippen molar-refractivity contribution in [3.05, 3.63) is 52.9 Å². The number of aromatic nitrogens is 3. The van der Waals surface area contributed by atoms with Crippen LogP contribution in [-0.4, -0.2) is 81.8 Å². The van der Waals surface area contributed by atoms with Crippen molar-refractivity contribution in [2.24, 2.45) is 4.99 Å². The zero-order valence-corrected chi connectivity index (χ0v) is 20.3. The van der Waals surface area contributed by atoms with Crippen LogP contribution in [0, 0.1) is 5.82 Å². The fraction of sp³-hybridized carbons (Fsp3) is 0.360. The van der Waals surface area contributed by atoms with Gasteiger partial charge in [-0.15, -0.1) is 0 Å². The van der Waals surface area contributed by atoms with E-state index in [4.69, 9.17) is 5.10 Å². The number of carbonyl (C=O) groups excluding carboxylic acids is 1. The highest BCUT2D eigenvalue weighted by Gasteiger charge is 2.28. The number of anilines is 1. The molecule has 1 aromatic carbocycles. The Balaban J connectivity index is 1.27. The summed E-state index contributed by atoms with van der Waals surface area (Å²) in [7, 11) is 2.08. The molecule has 0 aliphatic carbocycles. The van der Waals surface area contributed by atoms with Crippen molar-refractivity contribution in [3.63, 3.8) is 0 Å². The fourth-order valence-corrected chi connectivity index (χ4v) is 5.66. The Hall–Kier alpha value is -3.24. The molecule has 8 nitrogen and oxygen atoms in total. The molecule has 3 aliphatic heterocycles. The molecule has 2 aromatic heterocycles. The average Bonchev–Trinajstić information content (AvgIpc) is 3.60. The topological polar surface area (TPSA) is 69.3 Å². The highest BCUT2D eigenvalue weighted by Crippen LogP contribution is 2.32. The van der Waals surface area contributed by atoms with E-state index in [-0.39, 0.29) is 11.7 Å². The predicted molar refractivity (Wildman–Crippen MR) is 137 cm³/mol. The number of hydrogen-bond acceptors (Lipinski definition) is 7. The lowest BCUT2D eigenvalue weighted by molar-refractivity contribution is -0.113. The molecule has 0 bridgehead atoms. The second kappa shape index (κ2) is 9.09. The van der Waals surface area contributed by atoms with Gasteiger partial charge >= 0.3 is 0 Å². The van der Waals surface area contributed by atoms with Gasteiger partial charge in [-0.25, -0.2) is 13.9 Å². The lowest BCUT2D eigenvalue weighted by Crippen LogP contribution is -2.44. The Kier molecular flexibility index (Phi) is 5.77. The first-order valence-corrected chi connectivity index (χ1v) is 12.7. The van der Waals surface area contributed by atoms with Gasteiger partial charge in [-0.05, 0) is 62.0 Å². The van der Waals surface area contributed by atoms with Gasteiger partial charge in [0.2, 0.25) is 0 Å². The summed E-state index contributed by atoms with van der Waals surface area (Å²) >= 11 is 1.40. The minimum absolute atomic E-state index is 0.230. The first kappa shape index (κ1) is 22.2. The third-order valence-electron chi connectivity index (χ3n) is 6.74. The van der Waals surface area contributed by atoms with Gasteiger partial charge in [0.1, 0.15) is 5.82 Å². The lowest BCUT2D eigenvalue weighted by atomic mass is 10.1. The van der Waals surface area contributed by atoms with Crippen molar-refractivity contribution in [3.8, 4) is 11.3 Å². The molecule has 5 heterocycles. The molecule has 2 fully saturated rings. The second-order valence-corrected chi connectivity index (χ2v) is 10.1. The number of nitrogens with zero attached hydrogens (tertiary/aromatic N) is 7. The standard InChI is InChI=1S/C25H26FN7OS/c1-30-10-12-31(13-11-30)20-6-4-17(14-19(20)26)21-16-27-23-7-5-18(29-33(21)23)15-22-24(34)28-25(35-22)32-8-2-3-9-32/h4-7,14-16H,2-3,8-13H2,1H3/b22-15-. The number of likely N-dealkylation sites (tertiary alicyclic amines) is 1. The first-order chi connectivity index (χ1) is 17.0. The Morgan fingerprint density at radius 1 is 1.00 bits per heavy atom. The third-order valence-corrected chi connectivity index (χ3v) is 7.78. The maximum Gasteiger partial charge on any atom is 0.286 e. The van der Waals surface area contributed by atoms with Crippen LogP contribution in [0.15, 0.2) is 46.4 Å². The molecule has 10 heteroatoms. The number of halogens is 1. The van der Waals surface area contributed by atoms with E-state index in [0.29, 0.717) is 33.2 Å². The van der Waals surface area contributed by atoms with Crippen LogP contribution in [-0.2, 0) is 4.79 Å². The second-order valence-electron chi connectivity index (χ2n) is 9.13. The number of amides is 1. The van der Waals surface area contributed by atoms with Crippen LogP contribution in [0.3, 0.4) is 0 Å². The van der Waals surface area contributed by atoms with Gasteiger partial charge in [-0.3, -0.25) is 4.79 Å². The van der Waals surface area contributed by atoms with E-state index in [9.17, 15) is 4.79 Å². The van der Waals surface area contributed by atoms with Crippen LogP contribution >= 0.6 is 11.8 Å². The molecular formula is C25H26FN7OS. The van der Waals surface area contributed by atoms with Gasteiger partial charge in [-0.2, -0.15) is 10.1 Å². The minimum atomic E-state index is -0.250. The molecule has 1 amide bonds. The number of amidine groups is 1. The van der Waals surface area contributed by atoms with Gasteiger partial charge in [0.15, 0.2) is 10.8 Å². The van der Waals surface area contributed by atoms with Crippen LogP contribution in [0.25, 0.3) is 23.0 Å². The van der Waals surface area contributed by atoms with Gasteiger partial charge in [0.05, 0.1) is 28.2 Å². The van der Waals surface area contributed by atoms with Crippen molar-refractivity contribution in [1.82, 2.24) is 24.4 Å². The summed E-state index contributed by atoms with van der Waals surface area (Å²) in [4.78, 5) is 28.2. The quantitative estimate of drug-likeness (QED) is 0.521. The Morgan fingerprint density at radius 3 is 2.57 bits per heavy atom. The lowest BCUT2D eigenvalue weighted by Gasteiger charge is -2.34. The molecular weight excluding hydrogens is 465 g/mol. The van der Waals surface area contributed by atoms with E-state index < -0.39 is 0 Å².